The van der Waals surface area contributed by atoms with Crippen LogP contribution in [0.15, 0.2) is 35.5 Å². The third-order valence-corrected chi connectivity index (χ3v) is 6.34. The third kappa shape index (κ3) is 4.65. The van der Waals surface area contributed by atoms with Gasteiger partial charge in [0.25, 0.3) is 5.91 Å². The van der Waals surface area contributed by atoms with Gasteiger partial charge in [-0.2, -0.15) is 5.10 Å². The molecule has 5 atom stereocenters. The maximum Gasteiger partial charge on any atom is 0.275 e. The zero-order chi connectivity index (χ0) is 24.6. The van der Waals surface area contributed by atoms with Gasteiger partial charge in [0.2, 0.25) is 0 Å². The normalized spacial score (nSPS) is 28.1. The van der Waals surface area contributed by atoms with Crippen molar-refractivity contribution in [3.8, 4) is 0 Å². The monoisotopic (exact) mass is 495 g/mol. The van der Waals surface area contributed by atoms with E-state index in [2.05, 4.69) is 37.1 Å². The number of H-pyrrole nitrogens is 1. The number of aromatic nitrogens is 4. The van der Waals surface area contributed by atoms with Gasteiger partial charge in [-0.05, 0) is 19.8 Å². The molecule has 10 nitrogen and oxygen atoms in total. The lowest BCUT2D eigenvalue weighted by Gasteiger charge is -2.25. The lowest BCUT2D eigenvalue weighted by molar-refractivity contribution is 0.0392. The molecule has 2 fully saturated rings. The van der Waals surface area contributed by atoms with Crippen LogP contribution in [0.4, 0.5) is 14.6 Å². The Morgan fingerprint density at radius 2 is 2.18 bits per heavy atom. The van der Waals surface area contributed by atoms with Gasteiger partial charge in [-0.1, -0.05) is 18.2 Å². The molecule has 0 unspecified atom stereocenters. The SMILES string of the molecule is C=C(/C(Cl)=N\C=C(/C)F)[C@H]1C[C@H](F)CN1C(=O)c1n[nH]c2ncnc(N[C@@H]3CC[C@@H](O)[C@H]3O)c12. The van der Waals surface area contributed by atoms with Crippen LogP contribution in [-0.2, 0) is 0 Å². The molecule has 4 N–H and O–H groups in total. The number of amides is 1. The van der Waals surface area contributed by atoms with Crippen molar-refractivity contribution in [1.29, 1.82) is 0 Å². The third-order valence-electron chi connectivity index (χ3n) is 6.00. The first kappa shape index (κ1) is 24.2. The summed E-state index contributed by atoms with van der Waals surface area (Å²) in [7, 11) is 0. The molecular formula is C21H24ClF2N7O3. The molecule has 1 saturated carbocycles. The van der Waals surface area contributed by atoms with E-state index in [1.807, 2.05) is 0 Å². The average molecular weight is 496 g/mol. The zero-order valence-corrected chi connectivity index (χ0v) is 19.0. The minimum absolute atomic E-state index is 0.0504. The predicted octanol–water partition coefficient (Wildman–Crippen LogP) is 2.23. The lowest BCUT2D eigenvalue weighted by atomic mass is 10.1. The minimum atomic E-state index is -1.33. The highest BCUT2D eigenvalue weighted by Gasteiger charge is 2.40. The highest BCUT2D eigenvalue weighted by Crippen LogP contribution is 2.32. The smallest absolute Gasteiger partial charge is 0.275 e. The van der Waals surface area contributed by atoms with Gasteiger partial charge in [-0.15, -0.1) is 0 Å². The number of nitrogens with one attached hydrogen (secondary N) is 2. The number of aliphatic hydroxyl groups excluding tert-OH is 2. The molecule has 4 rings (SSSR count). The summed E-state index contributed by atoms with van der Waals surface area (Å²) in [6, 6.07) is -1.30. The second-order valence-electron chi connectivity index (χ2n) is 8.37. The van der Waals surface area contributed by atoms with E-state index < -0.39 is 42.2 Å². The Labute approximate surface area is 198 Å². The first-order valence-corrected chi connectivity index (χ1v) is 11.1. The average Bonchev–Trinajstić information content (AvgIpc) is 3.50. The number of aliphatic imine (C=N–C) groups is 1. The summed E-state index contributed by atoms with van der Waals surface area (Å²) in [5, 5.41) is 30.0. The van der Waals surface area contributed by atoms with E-state index in [-0.39, 0.29) is 46.3 Å². The molecule has 2 aliphatic rings. The van der Waals surface area contributed by atoms with Gasteiger partial charge >= 0.3 is 0 Å². The number of nitrogens with zero attached hydrogens (tertiary/aromatic N) is 5. The van der Waals surface area contributed by atoms with E-state index in [0.29, 0.717) is 12.8 Å². The molecule has 2 aromatic rings. The van der Waals surface area contributed by atoms with Gasteiger partial charge in [-0.25, -0.2) is 23.7 Å². The van der Waals surface area contributed by atoms with Crippen LogP contribution >= 0.6 is 11.6 Å². The van der Waals surface area contributed by atoms with Crippen LogP contribution in [0.25, 0.3) is 11.0 Å². The van der Waals surface area contributed by atoms with Crippen LogP contribution in [0.2, 0.25) is 0 Å². The fourth-order valence-electron chi connectivity index (χ4n) is 4.26. The van der Waals surface area contributed by atoms with Crippen molar-refractivity contribution in [1.82, 2.24) is 25.1 Å². The number of anilines is 1. The number of likely N-dealkylation sites (tertiary alicyclic amines) is 1. The Morgan fingerprint density at radius 3 is 2.85 bits per heavy atom. The number of carbonyl (C=O) groups excluding carboxylic acids is 1. The van der Waals surface area contributed by atoms with E-state index in [0.717, 1.165) is 6.20 Å². The van der Waals surface area contributed by atoms with Crippen LogP contribution in [0, 0.1) is 0 Å². The van der Waals surface area contributed by atoms with Crippen molar-refractivity contribution in [2.24, 2.45) is 4.99 Å². The number of halogens is 3. The molecule has 0 bridgehead atoms. The summed E-state index contributed by atoms with van der Waals surface area (Å²) in [5.41, 5.74) is 0.388. The maximum absolute atomic E-state index is 14.4. The number of allylic oxidation sites excluding steroid dienone is 1. The molecule has 3 heterocycles. The number of carbonyl (C=O) groups is 1. The Kier molecular flexibility index (Phi) is 6.91. The molecule has 34 heavy (non-hydrogen) atoms. The van der Waals surface area contributed by atoms with Gasteiger partial charge < -0.3 is 20.4 Å². The van der Waals surface area contributed by atoms with E-state index in [9.17, 15) is 23.8 Å². The molecule has 0 radical (unpaired) electrons. The van der Waals surface area contributed by atoms with Crippen LogP contribution in [0.3, 0.4) is 0 Å². The summed E-state index contributed by atoms with van der Waals surface area (Å²) in [4.78, 5) is 26.8. The standard InChI is InChI=1S/C21H24ClF2N7O3/c1-9(23)6-25-18(22)10(2)13-5-11(24)7-31(13)21(34)16-15-19(26-8-27-20(15)30-29-16)28-12-3-4-14(32)17(12)33/h6,8,11-14,17,32-33H,2-5,7H2,1H3,(H2,26,27,28,29,30)/b9-6+,25-18+/t11-,12+,13+,14+,17-/m0/s1. The van der Waals surface area contributed by atoms with Gasteiger partial charge in [0, 0.05) is 12.0 Å². The summed E-state index contributed by atoms with van der Waals surface area (Å²) in [6.07, 6.45) is -0.154. The van der Waals surface area contributed by atoms with Gasteiger partial charge in [0.05, 0.1) is 42.4 Å². The largest absolute Gasteiger partial charge is 0.390 e. The van der Waals surface area contributed by atoms with Gasteiger partial charge in [0.1, 0.15) is 29.3 Å². The van der Waals surface area contributed by atoms with E-state index in [4.69, 9.17) is 11.6 Å². The Hall–Kier alpha value is -2.96. The Balaban J connectivity index is 1.65. The molecule has 1 aliphatic heterocycles. The number of hydrogen-bond acceptors (Lipinski definition) is 8. The zero-order valence-electron chi connectivity index (χ0n) is 18.2. The molecule has 13 heteroatoms. The van der Waals surface area contributed by atoms with Crippen LogP contribution in [0.1, 0.15) is 36.7 Å². The van der Waals surface area contributed by atoms with Crippen molar-refractivity contribution in [2.75, 3.05) is 11.9 Å². The number of fused-ring (bicyclic) bond motifs is 1. The lowest BCUT2D eigenvalue weighted by Crippen LogP contribution is -2.38. The van der Waals surface area contributed by atoms with Crippen LogP contribution in [-0.4, -0.2) is 83.4 Å². The van der Waals surface area contributed by atoms with E-state index in [1.165, 1.54) is 18.2 Å². The molecule has 1 amide bonds. The highest BCUT2D eigenvalue weighted by molar-refractivity contribution is 6.69. The number of rotatable bonds is 6. The number of aliphatic hydroxyl groups is 2. The Morgan fingerprint density at radius 1 is 1.41 bits per heavy atom. The molecular weight excluding hydrogens is 472 g/mol. The predicted molar refractivity (Wildman–Crippen MR) is 122 cm³/mol. The van der Waals surface area contributed by atoms with Crippen LogP contribution < -0.4 is 5.32 Å². The molecule has 1 aliphatic carbocycles. The quantitative estimate of drug-likeness (QED) is 0.450. The van der Waals surface area contributed by atoms with Gasteiger partial charge in [-0.3, -0.25) is 9.89 Å². The maximum atomic E-state index is 14.4. The second kappa shape index (κ2) is 9.72. The fourth-order valence-corrected chi connectivity index (χ4v) is 4.43. The van der Waals surface area contributed by atoms with Crippen molar-refractivity contribution >= 4 is 39.5 Å². The molecule has 2 aromatic heterocycles. The number of aromatic amines is 1. The highest BCUT2D eigenvalue weighted by atomic mass is 35.5. The minimum Gasteiger partial charge on any atom is -0.390 e. The first-order chi connectivity index (χ1) is 16.2. The summed E-state index contributed by atoms with van der Waals surface area (Å²) in [6.45, 7) is 4.81. The number of alkyl halides is 1. The van der Waals surface area contributed by atoms with E-state index in [1.54, 1.807) is 0 Å². The Bertz CT molecular complexity index is 1170. The number of hydrogen-bond donors (Lipinski definition) is 4. The summed E-state index contributed by atoms with van der Waals surface area (Å²) >= 11 is 6.12. The van der Waals surface area contributed by atoms with Crippen molar-refractivity contribution in [3.05, 3.63) is 36.2 Å². The van der Waals surface area contributed by atoms with E-state index >= 15 is 0 Å². The molecule has 0 aromatic carbocycles. The van der Waals surface area contributed by atoms with Crippen molar-refractivity contribution in [3.63, 3.8) is 0 Å². The second-order valence-corrected chi connectivity index (χ2v) is 8.73. The van der Waals surface area contributed by atoms with Crippen molar-refractivity contribution < 1.29 is 23.8 Å². The summed E-state index contributed by atoms with van der Waals surface area (Å²) in [5.74, 6) is -0.935. The first-order valence-electron chi connectivity index (χ1n) is 10.7. The van der Waals surface area contributed by atoms with Gasteiger partial charge in [0.15, 0.2) is 11.3 Å². The fraction of sp³-hybridized carbons (Fsp3) is 0.476. The summed E-state index contributed by atoms with van der Waals surface area (Å²) < 4.78 is 27.4. The topological polar surface area (TPSA) is 140 Å². The molecule has 182 valence electrons. The molecule has 0 spiro atoms. The van der Waals surface area contributed by atoms with Crippen LogP contribution in [0.5, 0.6) is 0 Å². The van der Waals surface area contributed by atoms with Crippen molar-refractivity contribution in [2.45, 2.75) is 56.6 Å². The molecule has 1 saturated heterocycles.